The van der Waals surface area contributed by atoms with Crippen LogP contribution in [0.1, 0.15) is 33.6 Å². The van der Waals surface area contributed by atoms with Crippen LogP contribution in [-0.2, 0) is 9.59 Å². The van der Waals surface area contributed by atoms with E-state index in [0.717, 1.165) is 5.57 Å². The second kappa shape index (κ2) is 6.20. The second-order valence-electron chi connectivity index (χ2n) is 9.35. The number of halogens is 3. The Labute approximate surface area is 180 Å². The van der Waals surface area contributed by atoms with Crippen molar-refractivity contribution < 1.29 is 14.7 Å². The Kier molecular flexibility index (Phi) is 4.57. The summed E-state index contributed by atoms with van der Waals surface area (Å²) in [5.41, 5.74) is -1.98. The van der Waals surface area contributed by atoms with Crippen molar-refractivity contribution in [3.05, 3.63) is 36.0 Å². The number of Topliss-reactive ketones (excluding diaryl/α,β-unsaturated/α-hetero) is 1. The smallest absolute Gasteiger partial charge is 0.179 e. The molecule has 0 aromatic rings. The molecule has 0 saturated heterocycles. The minimum absolute atomic E-state index is 0.0205. The van der Waals surface area contributed by atoms with Crippen LogP contribution in [0.25, 0.3) is 0 Å². The minimum atomic E-state index is -1.52. The van der Waals surface area contributed by atoms with E-state index >= 15 is 0 Å². The first-order valence-electron chi connectivity index (χ1n) is 9.75. The van der Waals surface area contributed by atoms with Crippen LogP contribution in [0.4, 0.5) is 0 Å². The maximum Gasteiger partial charge on any atom is 0.179 e. The van der Waals surface area contributed by atoms with Gasteiger partial charge in [-0.3, -0.25) is 9.59 Å². The number of allylic oxidation sites excluding steroid dienone is 6. The molecule has 6 heteroatoms. The third-order valence-corrected chi connectivity index (χ3v) is 10.1. The average Bonchev–Trinajstić information content (AvgIpc) is 2.84. The summed E-state index contributed by atoms with van der Waals surface area (Å²) >= 11 is 20.3. The number of fused-ring (bicyclic) bond motifs is 5. The van der Waals surface area contributed by atoms with Crippen molar-refractivity contribution >= 4 is 46.4 Å². The van der Waals surface area contributed by atoms with Gasteiger partial charge >= 0.3 is 0 Å². The lowest BCUT2D eigenvalue weighted by Gasteiger charge is -2.62. The number of ketones is 2. The fourth-order valence-electron chi connectivity index (χ4n) is 6.64. The second-order valence-corrected chi connectivity index (χ2v) is 10.8. The Morgan fingerprint density at radius 3 is 2.64 bits per heavy atom. The molecule has 0 aromatic carbocycles. The quantitative estimate of drug-likeness (QED) is 0.642. The number of hydrogen-bond donors (Lipinski definition) is 1. The van der Waals surface area contributed by atoms with E-state index in [9.17, 15) is 14.7 Å². The normalized spacial score (nSPS) is 52.0. The average molecular weight is 444 g/mol. The van der Waals surface area contributed by atoms with Gasteiger partial charge in [-0.15, -0.1) is 34.8 Å². The summed E-state index contributed by atoms with van der Waals surface area (Å²) < 4.78 is 0. The Hall–Kier alpha value is -0.610. The molecule has 4 aliphatic rings. The van der Waals surface area contributed by atoms with Gasteiger partial charge in [0.15, 0.2) is 11.6 Å². The molecule has 0 aromatic heterocycles. The van der Waals surface area contributed by atoms with E-state index in [-0.39, 0.29) is 35.2 Å². The molecule has 0 spiro atoms. The highest BCUT2D eigenvalue weighted by Crippen LogP contribution is 2.71. The summed E-state index contributed by atoms with van der Waals surface area (Å²) in [5.74, 6) is -1.02. The molecule has 0 unspecified atom stereocenters. The number of carbonyl (C=O) groups excluding carboxylic acids is 2. The van der Waals surface area contributed by atoms with Crippen LogP contribution in [-0.4, -0.2) is 38.4 Å². The summed E-state index contributed by atoms with van der Waals surface area (Å²) in [4.78, 5) is 23.8. The summed E-state index contributed by atoms with van der Waals surface area (Å²) in [6.07, 6.45) is 10.1. The molecule has 0 radical (unpaired) electrons. The van der Waals surface area contributed by atoms with Gasteiger partial charge in [-0.2, -0.15) is 0 Å². The van der Waals surface area contributed by atoms with E-state index in [2.05, 4.69) is 0 Å². The zero-order valence-electron chi connectivity index (χ0n) is 16.2. The molecule has 0 amide bonds. The number of alkyl halides is 3. The largest absolute Gasteiger partial charge is 0.381 e. The first-order valence-corrected chi connectivity index (χ1v) is 11.1. The maximum absolute atomic E-state index is 12.7. The van der Waals surface area contributed by atoms with Crippen molar-refractivity contribution in [3.63, 3.8) is 0 Å². The molecule has 2 saturated carbocycles. The molecule has 8 atom stereocenters. The van der Waals surface area contributed by atoms with Crippen molar-refractivity contribution in [1.82, 2.24) is 0 Å². The Morgan fingerprint density at radius 2 is 2.00 bits per heavy atom. The Balaban J connectivity index is 1.88. The van der Waals surface area contributed by atoms with Crippen molar-refractivity contribution in [2.24, 2.45) is 28.6 Å². The summed E-state index contributed by atoms with van der Waals surface area (Å²) in [6.45, 7) is 5.89. The highest BCUT2D eigenvalue weighted by molar-refractivity contribution is 6.34. The van der Waals surface area contributed by atoms with Crippen LogP contribution in [0.15, 0.2) is 36.0 Å². The van der Waals surface area contributed by atoms with Gasteiger partial charge in [-0.05, 0) is 42.4 Å². The zero-order chi connectivity index (χ0) is 20.7. The SMILES string of the molecule is C[C@@H]1C[C@H]2[C@@H]3C=CC4=CC(=O)C=C[C@]4(C)[C@@]3(Cl)[C@@H](Cl)C[C@]2(C)[C@@]1(O)C(=O)CCl. The number of hydrogen-bond acceptors (Lipinski definition) is 3. The summed E-state index contributed by atoms with van der Waals surface area (Å²) in [6, 6.07) is 0. The van der Waals surface area contributed by atoms with E-state index in [4.69, 9.17) is 34.8 Å². The molecule has 4 rings (SSSR count). The predicted octanol–water partition coefficient (Wildman–Crippen LogP) is 4.43. The van der Waals surface area contributed by atoms with Crippen LogP contribution >= 0.6 is 34.8 Å². The molecule has 3 nitrogen and oxygen atoms in total. The van der Waals surface area contributed by atoms with Gasteiger partial charge in [0, 0.05) is 16.7 Å². The Bertz CT molecular complexity index is 848. The molecule has 0 heterocycles. The van der Waals surface area contributed by atoms with Crippen molar-refractivity contribution in [3.8, 4) is 0 Å². The number of rotatable bonds is 2. The maximum atomic E-state index is 12.7. The highest BCUT2D eigenvalue weighted by atomic mass is 35.5. The first kappa shape index (κ1) is 20.7. The van der Waals surface area contributed by atoms with E-state index in [1.807, 2.05) is 39.0 Å². The molecule has 0 aliphatic heterocycles. The third-order valence-electron chi connectivity index (χ3n) is 8.29. The van der Waals surface area contributed by atoms with Gasteiger partial charge in [0.25, 0.3) is 0 Å². The van der Waals surface area contributed by atoms with E-state index in [0.29, 0.717) is 12.8 Å². The molecular formula is C22H25Cl3O3. The molecule has 1 N–H and O–H groups in total. The monoisotopic (exact) mass is 442 g/mol. The van der Waals surface area contributed by atoms with E-state index in [1.165, 1.54) is 0 Å². The number of carbonyl (C=O) groups is 2. The van der Waals surface area contributed by atoms with Crippen LogP contribution in [0, 0.1) is 28.6 Å². The van der Waals surface area contributed by atoms with Gasteiger partial charge in [0.05, 0.1) is 16.1 Å². The van der Waals surface area contributed by atoms with Crippen molar-refractivity contribution in [1.29, 1.82) is 0 Å². The molecule has 0 bridgehead atoms. The fraction of sp³-hybridized carbons (Fsp3) is 0.636. The molecule has 28 heavy (non-hydrogen) atoms. The lowest BCUT2D eigenvalue weighted by Crippen LogP contribution is -2.67. The van der Waals surface area contributed by atoms with Gasteiger partial charge in [-0.25, -0.2) is 0 Å². The lowest BCUT2D eigenvalue weighted by atomic mass is 9.48. The third kappa shape index (κ3) is 2.17. The van der Waals surface area contributed by atoms with Gasteiger partial charge in [0.1, 0.15) is 5.60 Å². The molecule has 2 fully saturated rings. The molecular weight excluding hydrogens is 419 g/mol. The van der Waals surface area contributed by atoms with Crippen LogP contribution < -0.4 is 0 Å². The van der Waals surface area contributed by atoms with Crippen LogP contribution in [0.2, 0.25) is 0 Å². The van der Waals surface area contributed by atoms with Gasteiger partial charge in [0.2, 0.25) is 0 Å². The predicted molar refractivity (Wildman–Crippen MR) is 112 cm³/mol. The fourth-order valence-corrected chi connectivity index (χ4v) is 8.01. The van der Waals surface area contributed by atoms with E-state index in [1.54, 1.807) is 12.2 Å². The number of aliphatic hydroxyl groups is 1. The molecule has 152 valence electrons. The summed E-state index contributed by atoms with van der Waals surface area (Å²) in [7, 11) is 0. The van der Waals surface area contributed by atoms with Gasteiger partial charge < -0.3 is 5.11 Å². The highest BCUT2D eigenvalue weighted by Gasteiger charge is 2.73. The standard InChI is InChI=1S/C22H25Cl3O3/c1-12-8-16-15-5-4-13-9-14(26)6-7-19(13,2)21(15,25)17(24)10-20(16,3)22(12,28)18(27)11-23/h4-7,9,12,15-17,28H,8,10-11H2,1-3H3/t12-,15+,16+,17+,19+,20+,21+,22+/m1/s1. The van der Waals surface area contributed by atoms with Crippen molar-refractivity contribution in [2.75, 3.05) is 5.88 Å². The van der Waals surface area contributed by atoms with Gasteiger partial charge in [-0.1, -0.05) is 39.0 Å². The van der Waals surface area contributed by atoms with Crippen LogP contribution in [0.5, 0.6) is 0 Å². The topological polar surface area (TPSA) is 54.4 Å². The first-order chi connectivity index (χ1) is 13.0. The van der Waals surface area contributed by atoms with E-state index < -0.39 is 26.7 Å². The zero-order valence-corrected chi connectivity index (χ0v) is 18.5. The molecule has 4 aliphatic carbocycles. The summed E-state index contributed by atoms with van der Waals surface area (Å²) in [5, 5.41) is 11.1. The minimum Gasteiger partial charge on any atom is -0.381 e. The Morgan fingerprint density at radius 1 is 1.32 bits per heavy atom. The van der Waals surface area contributed by atoms with Crippen molar-refractivity contribution in [2.45, 2.75) is 49.5 Å². The van der Waals surface area contributed by atoms with Crippen LogP contribution in [0.3, 0.4) is 0 Å². The lowest BCUT2D eigenvalue weighted by molar-refractivity contribution is -0.160.